The Morgan fingerprint density at radius 1 is 1.35 bits per heavy atom. The first-order valence-corrected chi connectivity index (χ1v) is 6.50. The number of carbonyl (C=O) groups excluding carboxylic acids is 2. The first-order chi connectivity index (χ1) is 9.20. The van der Waals surface area contributed by atoms with Gasteiger partial charge in [0.15, 0.2) is 0 Å². The lowest BCUT2D eigenvalue weighted by molar-refractivity contribution is -0.129. The zero-order valence-corrected chi connectivity index (χ0v) is 12.1. The third-order valence-electron chi connectivity index (χ3n) is 3.25. The molecule has 1 aliphatic rings. The summed E-state index contributed by atoms with van der Waals surface area (Å²) in [6.45, 7) is 1.94. The lowest BCUT2D eigenvalue weighted by Gasteiger charge is -2.16. The van der Waals surface area contributed by atoms with Gasteiger partial charge in [-0.2, -0.15) is 0 Å². The molecule has 1 heterocycles. The van der Waals surface area contributed by atoms with E-state index < -0.39 is 0 Å². The molecule has 1 aromatic carbocycles. The van der Waals surface area contributed by atoms with Gasteiger partial charge in [0.25, 0.3) is 0 Å². The number of halogens is 1. The molecule has 0 aliphatic carbocycles. The molecular weight excluding hydrogens is 278 g/mol. The molecule has 0 spiro atoms. The number of nitrogens with two attached hydrogens (primary N) is 1. The smallest absolute Gasteiger partial charge is 0.225 e. The molecule has 1 aliphatic heterocycles. The number of amides is 2. The molecule has 0 aromatic heterocycles. The minimum Gasteiger partial charge on any atom is -0.355 e. The maximum absolute atomic E-state index is 11.9. The van der Waals surface area contributed by atoms with Crippen LogP contribution in [0.25, 0.3) is 0 Å². The highest BCUT2D eigenvalue weighted by molar-refractivity contribution is 5.89. The van der Waals surface area contributed by atoms with Crippen LogP contribution in [-0.4, -0.2) is 36.3 Å². The fourth-order valence-electron chi connectivity index (χ4n) is 2.24. The Morgan fingerprint density at radius 3 is 2.70 bits per heavy atom. The van der Waals surface area contributed by atoms with E-state index in [0.717, 1.165) is 5.56 Å². The Morgan fingerprint density at radius 2 is 2.05 bits per heavy atom. The maximum atomic E-state index is 11.9. The van der Waals surface area contributed by atoms with Gasteiger partial charge in [-0.3, -0.25) is 9.59 Å². The summed E-state index contributed by atoms with van der Waals surface area (Å²) in [7, 11) is 0. The van der Waals surface area contributed by atoms with E-state index >= 15 is 0 Å². The summed E-state index contributed by atoms with van der Waals surface area (Å²) < 4.78 is 0. The lowest BCUT2D eigenvalue weighted by Crippen LogP contribution is -2.35. The van der Waals surface area contributed by atoms with Gasteiger partial charge in [-0.25, -0.2) is 0 Å². The van der Waals surface area contributed by atoms with Gasteiger partial charge in [-0.15, -0.1) is 12.4 Å². The molecule has 6 heteroatoms. The van der Waals surface area contributed by atoms with Crippen molar-refractivity contribution in [2.75, 3.05) is 19.6 Å². The highest BCUT2D eigenvalue weighted by atomic mass is 35.5. The van der Waals surface area contributed by atoms with Gasteiger partial charge in [0.05, 0.1) is 5.92 Å². The summed E-state index contributed by atoms with van der Waals surface area (Å²) in [6.07, 6.45) is 0.295. The van der Waals surface area contributed by atoms with Crippen LogP contribution in [0.15, 0.2) is 30.3 Å². The second-order valence-electron chi connectivity index (χ2n) is 4.74. The third-order valence-corrected chi connectivity index (χ3v) is 3.25. The first-order valence-electron chi connectivity index (χ1n) is 6.50. The predicted octanol–water partition coefficient (Wildman–Crippen LogP) is 0.532. The topological polar surface area (TPSA) is 75.4 Å². The second kappa shape index (κ2) is 7.87. The van der Waals surface area contributed by atoms with Gasteiger partial charge in [0, 0.05) is 32.6 Å². The molecule has 20 heavy (non-hydrogen) atoms. The molecule has 0 bridgehead atoms. The van der Waals surface area contributed by atoms with Crippen LogP contribution in [0.2, 0.25) is 0 Å². The molecule has 1 atom stereocenters. The van der Waals surface area contributed by atoms with Crippen LogP contribution in [0.4, 0.5) is 0 Å². The summed E-state index contributed by atoms with van der Waals surface area (Å²) in [4.78, 5) is 25.4. The Labute approximate surface area is 124 Å². The molecule has 1 unspecified atom stereocenters. The lowest BCUT2D eigenvalue weighted by atomic mass is 10.1. The Balaban J connectivity index is 0.00000200. The predicted molar refractivity (Wildman–Crippen MR) is 79.3 cm³/mol. The van der Waals surface area contributed by atoms with Crippen LogP contribution in [-0.2, 0) is 16.1 Å². The average molecular weight is 298 g/mol. The zero-order chi connectivity index (χ0) is 13.7. The number of hydrogen-bond acceptors (Lipinski definition) is 3. The minimum absolute atomic E-state index is 0. The van der Waals surface area contributed by atoms with Crippen molar-refractivity contribution in [3.05, 3.63) is 35.9 Å². The molecule has 0 saturated carbocycles. The Bertz CT molecular complexity index is 453. The van der Waals surface area contributed by atoms with Crippen molar-refractivity contribution >= 4 is 24.2 Å². The fraction of sp³-hybridized carbons (Fsp3) is 0.429. The van der Waals surface area contributed by atoms with E-state index in [1.165, 1.54) is 0 Å². The molecule has 2 amide bonds. The van der Waals surface area contributed by atoms with E-state index in [1.807, 2.05) is 30.3 Å². The van der Waals surface area contributed by atoms with Crippen LogP contribution in [0, 0.1) is 5.92 Å². The minimum atomic E-state index is -0.247. The molecular formula is C14H20ClN3O2. The van der Waals surface area contributed by atoms with Crippen molar-refractivity contribution < 1.29 is 9.59 Å². The van der Waals surface area contributed by atoms with Crippen molar-refractivity contribution in [1.82, 2.24) is 10.2 Å². The number of rotatable bonds is 5. The van der Waals surface area contributed by atoms with E-state index in [2.05, 4.69) is 5.32 Å². The number of nitrogens with one attached hydrogen (secondary N) is 1. The zero-order valence-electron chi connectivity index (χ0n) is 11.2. The van der Waals surface area contributed by atoms with Gasteiger partial charge < -0.3 is 16.0 Å². The van der Waals surface area contributed by atoms with Gasteiger partial charge in [-0.1, -0.05) is 30.3 Å². The first kappa shape index (κ1) is 16.5. The number of carbonyl (C=O) groups is 2. The third kappa shape index (κ3) is 4.21. The summed E-state index contributed by atoms with van der Waals surface area (Å²) in [5.74, 6) is -0.283. The highest BCUT2D eigenvalue weighted by Gasteiger charge is 2.33. The van der Waals surface area contributed by atoms with E-state index in [9.17, 15) is 9.59 Å². The van der Waals surface area contributed by atoms with Gasteiger partial charge >= 0.3 is 0 Å². The summed E-state index contributed by atoms with van der Waals surface area (Å²) in [5, 5.41) is 2.74. The second-order valence-corrected chi connectivity index (χ2v) is 4.74. The van der Waals surface area contributed by atoms with Crippen LogP contribution < -0.4 is 11.1 Å². The Hall–Kier alpha value is -1.59. The molecule has 1 fully saturated rings. The van der Waals surface area contributed by atoms with E-state index in [0.29, 0.717) is 32.6 Å². The largest absolute Gasteiger partial charge is 0.355 e. The standard InChI is InChI=1S/C14H19N3O2.ClH/c15-6-7-16-14(19)12-8-13(18)17(10-12)9-11-4-2-1-3-5-11;/h1-5,12H,6-10,15H2,(H,16,19);1H. The molecule has 2 rings (SSSR count). The van der Waals surface area contributed by atoms with E-state index in [1.54, 1.807) is 4.90 Å². The van der Waals surface area contributed by atoms with E-state index in [-0.39, 0.29) is 30.1 Å². The van der Waals surface area contributed by atoms with Crippen LogP contribution in [0.5, 0.6) is 0 Å². The van der Waals surface area contributed by atoms with E-state index in [4.69, 9.17) is 5.73 Å². The molecule has 3 N–H and O–H groups in total. The molecule has 110 valence electrons. The monoisotopic (exact) mass is 297 g/mol. The van der Waals surface area contributed by atoms with Crippen LogP contribution >= 0.6 is 12.4 Å². The number of nitrogens with zero attached hydrogens (tertiary/aromatic N) is 1. The fourth-order valence-corrected chi connectivity index (χ4v) is 2.24. The number of benzene rings is 1. The van der Waals surface area contributed by atoms with Crippen molar-refractivity contribution in [1.29, 1.82) is 0 Å². The number of hydrogen-bond donors (Lipinski definition) is 2. The van der Waals surface area contributed by atoms with Crippen molar-refractivity contribution in [3.8, 4) is 0 Å². The maximum Gasteiger partial charge on any atom is 0.225 e. The Kier molecular flexibility index (Phi) is 6.48. The summed E-state index contributed by atoms with van der Waals surface area (Å²) >= 11 is 0. The van der Waals surface area contributed by atoms with Crippen molar-refractivity contribution in [2.24, 2.45) is 11.7 Å². The molecule has 1 aromatic rings. The highest BCUT2D eigenvalue weighted by Crippen LogP contribution is 2.20. The normalized spacial score (nSPS) is 17.8. The SMILES string of the molecule is Cl.NCCNC(=O)C1CC(=O)N(Cc2ccccc2)C1. The molecule has 0 radical (unpaired) electrons. The summed E-state index contributed by atoms with van der Waals surface area (Å²) in [6, 6.07) is 9.80. The van der Waals surface area contributed by atoms with Crippen LogP contribution in [0.1, 0.15) is 12.0 Å². The van der Waals surface area contributed by atoms with Crippen LogP contribution in [0.3, 0.4) is 0 Å². The van der Waals surface area contributed by atoms with Gasteiger partial charge in [0.1, 0.15) is 0 Å². The molecule has 5 nitrogen and oxygen atoms in total. The number of likely N-dealkylation sites (tertiary alicyclic amines) is 1. The molecule has 1 saturated heterocycles. The van der Waals surface area contributed by atoms with Crippen molar-refractivity contribution in [2.45, 2.75) is 13.0 Å². The van der Waals surface area contributed by atoms with Gasteiger partial charge in [-0.05, 0) is 5.56 Å². The van der Waals surface area contributed by atoms with Crippen molar-refractivity contribution in [3.63, 3.8) is 0 Å². The quantitative estimate of drug-likeness (QED) is 0.832. The average Bonchev–Trinajstić information content (AvgIpc) is 2.79. The summed E-state index contributed by atoms with van der Waals surface area (Å²) in [5.41, 5.74) is 6.42. The van der Waals surface area contributed by atoms with Gasteiger partial charge in [0.2, 0.25) is 11.8 Å².